The average molecular weight is 297 g/mol. The Balaban J connectivity index is 1.74. The summed E-state index contributed by atoms with van der Waals surface area (Å²) >= 11 is 0. The van der Waals surface area contributed by atoms with Crippen molar-refractivity contribution >= 4 is 17.3 Å². The molecule has 1 aromatic heterocycles. The molecule has 0 aliphatic carbocycles. The lowest BCUT2D eigenvalue weighted by Gasteiger charge is -2.19. The van der Waals surface area contributed by atoms with Crippen LogP contribution >= 0.6 is 0 Å². The Morgan fingerprint density at radius 3 is 2.50 bits per heavy atom. The SMILES string of the molecule is Cc1cc(N2CCCC2)ccc1NC(=O)c1cc[n+]([O-])cc1. The zero-order valence-corrected chi connectivity index (χ0v) is 12.6. The van der Waals surface area contributed by atoms with Crippen LogP contribution in [0.5, 0.6) is 0 Å². The highest BCUT2D eigenvalue weighted by Gasteiger charge is 2.14. The molecule has 1 amide bonds. The summed E-state index contributed by atoms with van der Waals surface area (Å²) in [5, 5.41) is 13.9. The first kappa shape index (κ1) is 14.4. The van der Waals surface area contributed by atoms with Crippen molar-refractivity contribution in [1.29, 1.82) is 0 Å². The third-order valence-electron chi connectivity index (χ3n) is 3.99. The minimum Gasteiger partial charge on any atom is -0.619 e. The first-order chi connectivity index (χ1) is 10.6. The summed E-state index contributed by atoms with van der Waals surface area (Å²) in [7, 11) is 0. The molecule has 0 saturated carbocycles. The van der Waals surface area contributed by atoms with Gasteiger partial charge < -0.3 is 15.4 Å². The van der Waals surface area contributed by atoms with E-state index in [1.165, 1.54) is 43.1 Å². The van der Waals surface area contributed by atoms with Gasteiger partial charge in [-0.2, -0.15) is 4.73 Å². The smallest absolute Gasteiger partial charge is 0.256 e. The normalized spacial score (nSPS) is 14.1. The highest BCUT2D eigenvalue weighted by Crippen LogP contribution is 2.25. The number of carbonyl (C=O) groups excluding carboxylic acids is 1. The second-order valence-corrected chi connectivity index (χ2v) is 5.59. The molecule has 1 fully saturated rings. The van der Waals surface area contributed by atoms with Crippen molar-refractivity contribution in [2.75, 3.05) is 23.3 Å². The average Bonchev–Trinajstić information content (AvgIpc) is 3.04. The van der Waals surface area contributed by atoms with Crippen LogP contribution in [0.3, 0.4) is 0 Å². The molecule has 3 rings (SSSR count). The van der Waals surface area contributed by atoms with Gasteiger partial charge in [-0.1, -0.05) is 0 Å². The molecule has 0 spiro atoms. The molecule has 22 heavy (non-hydrogen) atoms. The van der Waals surface area contributed by atoms with Crippen molar-refractivity contribution in [3.63, 3.8) is 0 Å². The molecule has 1 aliphatic rings. The third-order valence-corrected chi connectivity index (χ3v) is 3.99. The topological polar surface area (TPSA) is 59.3 Å². The Hall–Kier alpha value is -2.56. The maximum atomic E-state index is 12.2. The van der Waals surface area contributed by atoms with Gasteiger partial charge in [0.15, 0.2) is 12.4 Å². The largest absolute Gasteiger partial charge is 0.619 e. The van der Waals surface area contributed by atoms with Crippen LogP contribution in [0.15, 0.2) is 42.7 Å². The summed E-state index contributed by atoms with van der Waals surface area (Å²) in [5.41, 5.74) is 3.51. The Morgan fingerprint density at radius 2 is 1.86 bits per heavy atom. The van der Waals surface area contributed by atoms with Crippen molar-refractivity contribution in [3.8, 4) is 0 Å². The number of pyridine rings is 1. The predicted molar refractivity (Wildman–Crippen MR) is 86.0 cm³/mol. The van der Waals surface area contributed by atoms with Gasteiger partial charge in [-0.25, -0.2) is 0 Å². The Bertz CT molecular complexity index is 677. The minimum absolute atomic E-state index is 0.211. The van der Waals surface area contributed by atoms with E-state index in [9.17, 15) is 10.0 Å². The maximum absolute atomic E-state index is 12.2. The Kier molecular flexibility index (Phi) is 3.96. The summed E-state index contributed by atoms with van der Waals surface area (Å²) in [4.78, 5) is 14.5. The number of amides is 1. The second-order valence-electron chi connectivity index (χ2n) is 5.59. The number of carbonyl (C=O) groups is 1. The van der Waals surface area contributed by atoms with Crippen molar-refractivity contribution in [1.82, 2.24) is 0 Å². The lowest BCUT2D eigenvalue weighted by Crippen LogP contribution is -2.25. The molecule has 0 radical (unpaired) electrons. The van der Waals surface area contributed by atoms with Gasteiger partial charge in [0.25, 0.3) is 5.91 Å². The summed E-state index contributed by atoms with van der Waals surface area (Å²) < 4.78 is 0.660. The summed E-state index contributed by atoms with van der Waals surface area (Å²) in [6.07, 6.45) is 5.12. The van der Waals surface area contributed by atoms with Crippen molar-refractivity contribution in [3.05, 3.63) is 59.1 Å². The molecular formula is C17H19N3O2. The highest BCUT2D eigenvalue weighted by atomic mass is 16.5. The molecular weight excluding hydrogens is 278 g/mol. The van der Waals surface area contributed by atoms with E-state index in [0.29, 0.717) is 10.3 Å². The van der Waals surface area contributed by atoms with Gasteiger partial charge in [0.1, 0.15) is 0 Å². The quantitative estimate of drug-likeness (QED) is 0.699. The first-order valence-electron chi connectivity index (χ1n) is 7.49. The maximum Gasteiger partial charge on any atom is 0.256 e. The number of nitrogens with one attached hydrogen (secondary N) is 1. The van der Waals surface area contributed by atoms with Crippen LogP contribution in [0.1, 0.15) is 28.8 Å². The fourth-order valence-corrected chi connectivity index (χ4v) is 2.72. The number of rotatable bonds is 3. The number of anilines is 2. The lowest BCUT2D eigenvalue weighted by molar-refractivity contribution is -0.605. The number of benzene rings is 1. The zero-order valence-electron chi connectivity index (χ0n) is 12.6. The van der Waals surface area contributed by atoms with E-state index in [1.54, 1.807) is 0 Å². The van der Waals surface area contributed by atoms with E-state index in [1.807, 2.05) is 19.1 Å². The van der Waals surface area contributed by atoms with E-state index in [-0.39, 0.29) is 5.91 Å². The van der Waals surface area contributed by atoms with Gasteiger partial charge in [-0.05, 0) is 43.5 Å². The standard InChI is InChI=1S/C17H19N3O2/c1-13-12-15(19-8-2-3-9-19)4-5-16(13)18-17(21)14-6-10-20(22)11-7-14/h4-7,10-12H,2-3,8-9H2,1H3,(H,18,21). The van der Waals surface area contributed by atoms with Gasteiger partial charge in [-0.3, -0.25) is 4.79 Å². The van der Waals surface area contributed by atoms with Crippen LogP contribution in [0.2, 0.25) is 0 Å². The van der Waals surface area contributed by atoms with Crippen molar-refractivity contribution in [2.24, 2.45) is 0 Å². The lowest BCUT2D eigenvalue weighted by atomic mass is 10.1. The molecule has 1 aromatic carbocycles. The van der Waals surface area contributed by atoms with Crippen LogP contribution in [-0.4, -0.2) is 19.0 Å². The van der Waals surface area contributed by atoms with Crippen molar-refractivity contribution < 1.29 is 9.52 Å². The predicted octanol–water partition coefficient (Wildman–Crippen LogP) is 2.48. The van der Waals surface area contributed by atoms with Gasteiger partial charge in [0, 0.05) is 36.6 Å². The van der Waals surface area contributed by atoms with Gasteiger partial charge in [0.05, 0.1) is 5.56 Å². The van der Waals surface area contributed by atoms with E-state index >= 15 is 0 Å². The zero-order chi connectivity index (χ0) is 15.5. The molecule has 5 nitrogen and oxygen atoms in total. The molecule has 0 bridgehead atoms. The fraction of sp³-hybridized carbons (Fsp3) is 0.294. The summed E-state index contributed by atoms with van der Waals surface area (Å²) in [6, 6.07) is 9.12. The first-order valence-corrected chi connectivity index (χ1v) is 7.49. The molecule has 1 saturated heterocycles. The fourth-order valence-electron chi connectivity index (χ4n) is 2.72. The molecule has 5 heteroatoms. The molecule has 114 valence electrons. The number of hydrogen-bond acceptors (Lipinski definition) is 3. The minimum atomic E-state index is -0.211. The molecule has 2 heterocycles. The van der Waals surface area contributed by atoms with Crippen LogP contribution in [0.25, 0.3) is 0 Å². The molecule has 1 aliphatic heterocycles. The summed E-state index contributed by atoms with van der Waals surface area (Å²) in [5.74, 6) is -0.211. The van der Waals surface area contributed by atoms with Crippen LogP contribution in [0, 0.1) is 12.1 Å². The number of nitrogens with zero attached hydrogens (tertiary/aromatic N) is 2. The monoisotopic (exact) mass is 297 g/mol. The van der Waals surface area contributed by atoms with E-state index in [2.05, 4.69) is 16.3 Å². The van der Waals surface area contributed by atoms with Crippen molar-refractivity contribution in [2.45, 2.75) is 19.8 Å². The molecule has 0 unspecified atom stereocenters. The van der Waals surface area contributed by atoms with Gasteiger partial charge >= 0.3 is 0 Å². The molecule has 0 atom stereocenters. The number of aromatic nitrogens is 1. The number of hydrogen-bond donors (Lipinski definition) is 1. The van der Waals surface area contributed by atoms with Crippen LogP contribution < -0.4 is 14.9 Å². The van der Waals surface area contributed by atoms with E-state index < -0.39 is 0 Å². The molecule has 1 N–H and O–H groups in total. The number of aryl methyl sites for hydroxylation is 1. The second kappa shape index (κ2) is 6.05. The summed E-state index contributed by atoms with van der Waals surface area (Å²) in [6.45, 7) is 4.19. The van der Waals surface area contributed by atoms with Crippen LogP contribution in [0.4, 0.5) is 11.4 Å². The third kappa shape index (κ3) is 3.03. The van der Waals surface area contributed by atoms with Gasteiger partial charge in [-0.15, -0.1) is 0 Å². The Labute approximate surface area is 129 Å². The van der Waals surface area contributed by atoms with E-state index in [4.69, 9.17) is 0 Å². The Morgan fingerprint density at radius 1 is 1.18 bits per heavy atom. The van der Waals surface area contributed by atoms with E-state index in [0.717, 1.165) is 24.3 Å². The highest BCUT2D eigenvalue weighted by molar-refractivity contribution is 6.04. The van der Waals surface area contributed by atoms with Gasteiger partial charge in [0.2, 0.25) is 0 Å². The van der Waals surface area contributed by atoms with Crippen LogP contribution in [-0.2, 0) is 0 Å². The molecule has 2 aromatic rings.